The molecule has 0 aliphatic heterocycles. The van der Waals surface area contributed by atoms with Crippen molar-refractivity contribution in [1.82, 2.24) is 4.98 Å². The average Bonchev–Trinajstić information content (AvgIpc) is 2.36. The molecule has 0 bridgehead atoms. The first-order chi connectivity index (χ1) is 9.08. The normalized spacial score (nSPS) is 10.4. The Balaban J connectivity index is 2.27. The van der Waals surface area contributed by atoms with Gasteiger partial charge >= 0.3 is 0 Å². The Kier molecular flexibility index (Phi) is 4.22. The molecule has 3 N–H and O–H groups in total. The third-order valence-corrected chi connectivity index (χ3v) is 3.85. The van der Waals surface area contributed by atoms with Crippen molar-refractivity contribution < 1.29 is 0 Å². The van der Waals surface area contributed by atoms with Crippen LogP contribution in [0, 0.1) is 19.3 Å². The van der Waals surface area contributed by atoms with Crippen LogP contribution >= 0.6 is 11.8 Å². The molecule has 0 aliphatic rings. The van der Waals surface area contributed by atoms with Crippen LogP contribution in [-0.4, -0.2) is 10.8 Å². The number of nitrogens with zero attached hydrogens (tertiary/aromatic N) is 1. The molecule has 1 aromatic heterocycles. The van der Waals surface area contributed by atoms with E-state index in [9.17, 15) is 0 Å². The van der Waals surface area contributed by atoms with E-state index >= 15 is 0 Å². The number of rotatable bonds is 4. The van der Waals surface area contributed by atoms with Crippen LogP contribution < -0.4 is 5.73 Å². The molecule has 0 spiro atoms. The van der Waals surface area contributed by atoms with Gasteiger partial charge in [0.2, 0.25) is 0 Å². The topological polar surface area (TPSA) is 62.8 Å². The van der Waals surface area contributed by atoms with Gasteiger partial charge in [-0.3, -0.25) is 5.41 Å². The molecule has 0 saturated carbocycles. The van der Waals surface area contributed by atoms with Crippen molar-refractivity contribution in [1.29, 1.82) is 5.41 Å². The van der Waals surface area contributed by atoms with Gasteiger partial charge in [-0.1, -0.05) is 30.3 Å². The first kappa shape index (κ1) is 13.6. The van der Waals surface area contributed by atoms with Crippen LogP contribution in [0.15, 0.2) is 41.4 Å². The fraction of sp³-hybridized carbons (Fsp3) is 0.200. The number of benzene rings is 1. The Labute approximate surface area is 117 Å². The van der Waals surface area contributed by atoms with E-state index in [4.69, 9.17) is 11.1 Å². The number of amidine groups is 1. The SMILES string of the molecule is Cc1cc(C)c(C(=N)N)c(SCc2ccccc2)n1. The van der Waals surface area contributed by atoms with Crippen molar-refractivity contribution in [2.45, 2.75) is 24.6 Å². The molecule has 3 nitrogen and oxygen atoms in total. The molecule has 0 saturated heterocycles. The Bertz CT molecular complexity index is 594. The zero-order chi connectivity index (χ0) is 13.8. The molecule has 0 unspecified atom stereocenters. The van der Waals surface area contributed by atoms with Gasteiger partial charge in [0.05, 0.1) is 5.56 Å². The highest BCUT2D eigenvalue weighted by atomic mass is 32.2. The quantitative estimate of drug-likeness (QED) is 0.509. The van der Waals surface area contributed by atoms with Gasteiger partial charge in [0.15, 0.2) is 0 Å². The zero-order valence-corrected chi connectivity index (χ0v) is 11.9. The maximum atomic E-state index is 7.70. The maximum absolute atomic E-state index is 7.70. The smallest absolute Gasteiger partial charge is 0.125 e. The van der Waals surface area contributed by atoms with Crippen molar-refractivity contribution >= 4 is 17.6 Å². The minimum absolute atomic E-state index is 0.0839. The van der Waals surface area contributed by atoms with E-state index in [1.54, 1.807) is 11.8 Å². The molecule has 4 heteroatoms. The predicted molar refractivity (Wildman–Crippen MR) is 80.7 cm³/mol. The molecule has 0 atom stereocenters. The lowest BCUT2D eigenvalue weighted by Crippen LogP contribution is -2.15. The number of aryl methyl sites for hydroxylation is 2. The van der Waals surface area contributed by atoms with E-state index in [1.165, 1.54) is 5.56 Å². The van der Waals surface area contributed by atoms with E-state index in [0.29, 0.717) is 0 Å². The molecule has 0 fully saturated rings. The number of nitrogens with two attached hydrogens (primary N) is 1. The van der Waals surface area contributed by atoms with Crippen LogP contribution in [0.3, 0.4) is 0 Å². The second-order valence-electron chi connectivity index (χ2n) is 4.45. The van der Waals surface area contributed by atoms with Crippen LogP contribution in [-0.2, 0) is 5.75 Å². The largest absolute Gasteiger partial charge is 0.384 e. The van der Waals surface area contributed by atoms with Crippen LogP contribution in [0.1, 0.15) is 22.4 Å². The van der Waals surface area contributed by atoms with E-state index in [1.807, 2.05) is 38.1 Å². The fourth-order valence-electron chi connectivity index (χ4n) is 1.96. The van der Waals surface area contributed by atoms with Gasteiger partial charge in [-0.15, -0.1) is 11.8 Å². The average molecular weight is 271 g/mol. The number of pyridine rings is 1. The van der Waals surface area contributed by atoms with Crippen molar-refractivity contribution in [2.24, 2.45) is 5.73 Å². The summed E-state index contributed by atoms with van der Waals surface area (Å²) in [7, 11) is 0. The van der Waals surface area contributed by atoms with Gasteiger partial charge in [-0.2, -0.15) is 0 Å². The molecular formula is C15H17N3S. The monoisotopic (exact) mass is 271 g/mol. The van der Waals surface area contributed by atoms with Gasteiger partial charge in [-0.25, -0.2) is 4.98 Å². The van der Waals surface area contributed by atoms with Crippen molar-refractivity contribution in [3.63, 3.8) is 0 Å². The molecular weight excluding hydrogens is 254 g/mol. The summed E-state index contributed by atoms with van der Waals surface area (Å²) in [5.74, 6) is 0.914. The summed E-state index contributed by atoms with van der Waals surface area (Å²) in [6.45, 7) is 3.93. The molecule has 0 amide bonds. The van der Waals surface area contributed by atoms with Gasteiger partial charge in [0.1, 0.15) is 10.9 Å². The Morgan fingerprint density at radius 1 is 1.26 bits per heavy atom. The summed E-state index contributed by atoms with van der Waals surface area (Å²) >= 11 is 1.62. The van der Waals surface area contributed by atoms with Crippen molar-refractivity contribution in [3.05, 3.63) is 58.8 Å². The summed E-state index contributed by atoms with van der Waals surface area (Å²) in [6.07, 6.45) is 0. The van der Waals surface area contributed by atoms with E-state index in [2.05, 4.69) is 17.1 Å². The van der Waals surface area contributed by atoms with Gasteiger partial charge in [-0.05, 0) is 31.0 Å². The second kappa shape index (κ2) is 5.89. The lowest BCUT2D eigenvalue weighted by molar-refractivity contribution is 1.03. The summed E-state index contributed by atoms with van der Waals surface area (Å²) in [4.78, 5) is 4.51. The van der Waals surface area contributed by atoms with Crippen LogP contribution in [0.5, 0.6) is 0 Å². The predicted octanol–water partition coefficient (Wildman–Crippen LogP) is 3.27. The summed E-state index contributed by atoms with van der Waals surface area (Å²) in [6, 6.07) is 12.2. The third kappa shape index (κ3) is 3.35. The van der Waals surface area contributed by atoms with Crippen LogP contribution in [0.2, 0.25) is 0 Å². The van der Waals surface area contributed by atoms with Gasteiger partial charge in [0, 0.05) is 11.4 Å². The number of aromatic nitrogens is 1. The van der Waals surface area contributed by atoms with Gasteiger partial charge in [0.25, 0.3) is 0 Å². The lowest BCUT2D eigenvalue weighted by Gasteiger charge is -2.11. The van der Waals surface area contributed by atoms with E-state index in [0.717, 1.165) is 27.6 Å². The highest BCUT2D eigenvalue weighted by Gasteiger charge is 2.12. The molecule has 1 aromatic carbocycles. The van der Waals surface area contributed by atoms with E-state index < -0.39 is 0 Å². The number of hydrogen-bond acceptors (Lipinski definition) is 3. The number of hydrogen-bond donors (Lipinski definition) is 2. The molecule has 98 valence electrons. The summed E-state index contributed by atoms with van der Waals surface area (Å²) < 4.78 is 0. The Hall–Kier alpha value is -1.81. The fourth-order valence-corrected chi connectivity index (χ4v) is 3.08. The molecule has 1 heterocycles. The first-order valence-electron chi connectivity index (χ1n) is 6.07. The molecule has 19 heavy (non-hydrogen) atoms. The standard InChI is InChI=1S/C15H17N3S/c1-10-8-11(2)18-15(13(10)14(16)17)19-9-12-6-4-3-5-7-12/h3-8H,9H2,1-2H3,(H3,16,17). The maximum Gasteiger partial charge on any atom is 0.125 e. The van der Waals surface area contributed by atoms with E-state index in [-0.39, 0.29) is 5.84 Å². The van der Waals surface area contributed by atoms with Crippen LogP contribution in [0.4, 0.5) is 0 Å². The zero-order valence-electron chi connectivity index (χ0n) is 11.1. The highest BCUT2D eigenvalue weighted by molar-refractivity contribution is 7.98. The second-order valence-corrected chi connectivity index (χ2v) is 5.41. The summed E-state index contributed by atoms with van der Waals surface area (Å²) in [5, 5.41) is 8.54. The molecule has 0 aliphatic carbocycles. The minimum atomic E-state index is 0.0839. The molecule has 2 aromatic rings. The third-order valence-electron chi connectivity index (χ3n) is 2.80. The minimum Gasteiger partial charge on any atom is -0.384 e. The molecule has 2 rings (SSSR count). The lowest BCUT2D eigenvalue weighted by atomic mass is 10.1. The number of thioether (sulfide) groups is 1. The van der Waals surface area contributed by atoms with Crippen molar-refractivity contribution in [3.8, 4) is 0 Å². The Morgan fingerprint density at radius 2 is 1.95 bits per heavy atom. The first-order valence-corrected chi connectivity index (χ1v) is 7.06. The number of nitrogen functional groups attached to an aromatic ring is 1. The highest BCUT2D eigenvalue weighted by Crippen LogP contribution is 2.26. The van der Waals surface area contributed by atoms with Gasteiger partial charge < -0.3 is 5.73 Å². The van der Waals surface area contributed by atoms with Crippen molar-refractivity contribution in [2.75, 3.05) is 0 Å². The number of nitrogens with one attached hydrogen (secondary N) is 1. The molecule has 0 radical (unpaired) electrons. The van der Waals surface area contributed by atoms with Crippen LogP contribution in [0.25, 0.3) is 0 Å². The Morgan fingerprint density at radius 3 is 2.58 bits per heavy atom. The summed E-state index contributed by atoms with van der Waals surface area (Å²) in [5.41, 5.74) is 9.63.